The molecule has 5 heteroatoms. The normalized spacial score (nSPS) is 11.2. The van der Waals surface area contributed by atoms with Crippen LogP contribution in [0.5, 0.6) is 5.75 Å². The van der Waals surface area contributed by atoms with Crippen LogP contribution in [0.3, 0.4) is 0 Å². The van der Waals surface area contributed by atoms with Gasteiger partial charge in [0.15, 0.2) is 6.01 Å². The van der Waals surface area contributed by atoms with Crippen molar-refractivity contribution in [1.82, 2.24) is 0 Å². The lowest BCUT2D eigenvalue weighted by atomic mass is 10.3. The van der Waals surface area contributed by atoms with Gasteiger partial charge in [-0.15, -0.1) is 0 Å². The number of rotatable bonds is 3. The van der Waals surface area contributed by atoms with Crippen molar-refractivity contribution >= 4 is 9.84 Å². The maximum Gasteiger partial charge on any atom is 0.207 e. The second-order valence-corrected chi connectivity index (χ2v) is 4.32. The second-order valence-electron chi connectivity index (χ2n) is 2.40. The van der Waals surface area contributed by atoms with E-state index in [9.17, 15) is 12.8 Å². The van der Waals surface area contributed by atoms with Gasteiger partial charge in [-0.05, 0) is 24.3 Å². The van der Waals surface area contributed by atoms with Crippen LogP contribution in [0.2, 0.25) is 0 Å². The SMILES string of the molecule is COc1ccc(S(=O)(=O)CF)cc1. The molecule has 0 saturated carbocycles. The lowest BCUT2D eigenvalue weighted by molar-refractivity contribution is 0.414. The molecule has 0 atom stereocenters. The summed E-state index contributed by atoms with van der Waals surface area (Å²) in [5.41, 5.74) is 0. The standard InChI is InChI=1S/C8H9FO3S/c1-12-7-2-4-8(5-3-7)13(10,11)6-9/h2-5H,6H2,1H3. The van der Waals surface area contributed by atoms with Crippen molar-refractivity contribution in [3.05, 3.63) is 24.3 Å². The predicted molar refractivity (Wildman–Crippen MR) is 46.2 cm³/mol. The van der Waals surface area contributed by atoms with Crippen molar-refractivity contribution in [3.63, 3.8) is 0 Å². The summed E-state index contributed by atoms with van der Waals surface area (Å²) in [6, 6.07) is 4.20. The van der Waals surface area contributed by atoms with Gasteiger partial charge in [-0.25, -0.2) is 12.8 Å². The molecule has 0 amide bonds. The first-order valence-corrected chi connectivity index (χ1v) is 5.18. The van der Waals surface area contributed by atoms with Gasteiger partial charge >= 0.3 is 0 Å². The molecule has 0 radical (unpaired) electrons. The Kier molecular flexibility index (Phi) is 2.87. The zero-order valence-electron chi connectivity index (χ0n) is 7.03. The maximum atomic E-state index is 12.0. The van der Waals surface area contributed by atoms with Gasteiger partial charge in [-0.2, -0.15) is 0 Å². The molecule has 0 bridgehead atoms. The number of hydrogen-bond donors (Lipinski definition) is 0. The van der Waals surface area contributed by atoms with Crippen LogP contribution in [-0.4, -0.2) is 21.5 Å². The van der Waals surface area contributed by atoms with E-state index < -0.39 is 15.8 Å². The summed E-state index contributed by atoms with van der Waals surface area (Å²) in [7, 11) is -2.27. The van der Waals surface area contributed by atoms with Crippen molar-refractivity contribution in [1.29, 1.82) is 0 Å². The molecule has 1 rings (SSSR count). The van der Waals surface area contributed by atoms with Gasteiger partial charge in [0.1, 0.15) is 5.75 Å². The molecule has 0 saturated heterocycles. The highest BCUT2D eigenvalue weighted by Gasteiger charge is 2.12. The van der Waals surface area contributed by atoms with E-state index in [-0.39, 0.29) is 4.90 Å². The van der Waals surface area contributed by atoms with Crippen LogP contribution in [0.25, 0.3) is 0 Å². The Labute approximate surface area is 76.1 Å². The molecule has 0 heterocycles. The molecular formula is C8H9FO3S. The Morgan fingerprint density at radius 3 is 2.23 bits per heavy atom. The van der Waals surface area contributed by atoms with Crippen LogP contribution >= 0.6 is 0 Å². The highest BCUT2D eigenvalue weighted by molar-refractivity contribution is 7.91. The van der Waals surface area contributed by atoms with Gasteiger partial charge in [0, 0.05) is 0 Å². The minimum Gasteiger partial charge on any atom is -0.497 e. The van der Waals surface area contributed by atoms with Crippen LogP contribution in [0.15, 0.2) is 29.2 Å². The zero-order chi connectivity index (χ0) is 9.90. The Morgan fingerprint density at radius 2 is 1.85 bits per heavy atom. The summed E-state index contributed by atoms with van der Waals surface area (Å²) in [6.45, 7) is 0. The van der Waals surface area contributed by atoms with Crippen LogP contribution < -0.4 is 4.74 Å². The number of benzene rings is 1. The van der Waals surface area contributed by atoms with E-state index >= 15 is 0 Å². The quantitative estimate of drug-likeness (QED) is 0.747. The van der Waals surface area contributed by atoms with Crippen LogP contribution in [0.1, 0.15) is 0 Å². The monoisotopic (exact) mass is 204 g/mol. The van der Waals surface area contributed by atoms with Crippen LogP contribution in [-0.2, 0) is 9.84 Å². The van der Waals surface area contributed by atoms with Crippen LogP contribution in [0, 0.1) is 0 Å². The molecular weight excluding hydrogens is 195 g/mol. The lowest BCUT2D eigenvalue weighted by Crippen LogP contribution is -2.02. The molecule has 0 aliphatic heterocycles. The van der Waals surface area contributed by atoms with Gasteiger partial charge in [0.05, 0.1) is 12.0 Å². The van der Waals surface area contributed by atoms with Gasteiger partial charge in [-0.3, -0.25) is 0 Å². The third-order valence-corrected chi connectivity index (χ3v) is 2.84. The molecule has 13 heavy (non-hydrogen) atoms. The van der Waals surface area contributed by atoms with Gasteiger partial charge < -0.3 is 4.74 Å². The summed E-state index contributed by atoms with van der Waals surface area (Å²) in [5.74, 6) is 0.540. The minimum atomic E-state index is -3.75. The summed E-state index contributed by atoms with van der Waals surface area (Å²) in [5, 5.41) is 0. The first kappa shape index (κ1) is 9.98. The van der Waals surface area contributed by atoms with E-state index in [2.05, 4.69) is 0 Å². The topological polar surface area (TPSA) is 43.4 Å². The smallest absolute Gasteiger partial charge is 0.207 e. The van der Waals surface area contributed by atoms with E-state index in [4.69, 9.17) is 4.74 Å². The van der Waals surface area contributed by atoms with E-state index in [0.29, 0.717) is 5.75 Å². The molecule has 72 valence electrons. The van der Waals surface area contributed by atoms with E-state index in [0.717, 1.165) is 0 Å². The fraction of sp³-hybridized carbons (Fsp3) is 0.250. The van der Waals surface area contributed by atoms with E-state index in [1.807, 2.05) is 0 Å². The fourth-order valence-corrected chi connectivity index (χ4v) is 1.52. The molecule has 0 fully saturated rings. The molecule has 1 aromatic rings. The van der Waals surface area contributed by atoms with E-state index in [1.165, 1.54) is 31.4 Å². The number of methoxy groups -OCH3 is 1. The largest absolute Gasteiger partial charge is 0.497 e. The number of alkyl halides is 1. The summed E-state index contributed by atoms with van der Waals surface area (Å²) in [6.07, 6.45) is 0. The van der Waals surface area contributed by atoms with E-state index in [1.54, 1.807) is 0 Å². The Hall–Kier alpha value is -1.10. The number of sulfone groups is 1. The first-order chi connectivity index (χ1) is 6.10. The first-order valence-electron chi connectivity index (χ1n) is 3.53. The third-order valence-electron chi connectivity index (χ3n) is 1.56. The Balaban J connectivity index is 3.06. The zero-order valence-corrected chi connectivity index (χ0v) is 7.84. The van der Waals surface area contributed by atoms with Gasteiger partial charge in [-0.1, -0.05) is 0 Å². The Morgan fingerprint density at radius 1 is 1.31 bits per heavy atom. The predicted octanol–water partition coefficient (Wildman–Crippen LogP) is 1.40. The second kappa shape index (κ2) is 3.74. The number of ether oxygens (including phenoxy) is 1. The Bertz CT molecular complexity index is 369. The molecule has 0 spiro atoms. The molecule has 0 aliphatic carbocycles. The van der Waals surface area contributed by atoms with Crippen molar-refractivity contribution in [2.75, 3.05) is 13.1 Å². The summed E-state index contributed by atoms with van der Waals surface area (Å²) in [4.78, 5) is -0.0317. The number of halogens is 1. The van der Waals surface area contributed by atoms with Crippen LogP contribution in [0.4, 0.5) is 4.39 Å². The lowest BCUT2D eigenvalue weighted by Gasteiger charge is -2.01. The third kappa shape index (κ3) is 2.18. The molecule has 0 unspecified atom stereocenters. The summed E-state index contributed by atoms with van der Waals surface area (Å²) < 4.78 is 38.8. The maximum absolute atomic E-state index is 12.0. The average molecular weight is 204 g/mol. The highest BCUT2D eigenvalue weighted by Crippen LogP contribution is 2.16. The van der Waals surface area contributed by atoms with Crippen molar-refractivity contribution in [2.24, 2.45) is 0 Å². The van der Waals surface area contributed by atoms with Crippen molar-refractivity contribution in [3.8, 4) is 5.75 Å². The molecule has 3 nitrogen and oxygen atoms in total. The number of hydrogen-bond acceptors (Lipinski definition) is 3. The molecule has 0 N–H and O–H groups in total. The fourth-order valence-electron chi connectivity index (χ4n) is 0.846. The summed E-state index contributed by atoms with van der Waals surface area (Å²) >= 11 is 0. The average Bonchev–Trinajstić information content (AvgIpc) is 2.18. The van der Waals surface area contributed by atoms with Crippen molar-refractivity contribution in [2.45, 2.75) is 4.90 Å². The molecule has 0 aromatic heterocycles. The minimum absolute atomic E-state index is 0.0317. The highest BCUT2D eigenvalue weighted by atomic mass is 32.2. The molecule has 1 aromatic carbocycles. The van der Waals surface area contributed by atoms with Gasteiger partial charge in [0.2, 0.25) is 9.84 Å². The molecule has 0 aliphatic rings. The van der Waals surface area contributed by atoms with Gasteiger partial charge in [0.25, 0.3) is 0 Å². The van der Waals surface area contributed by atoms with Crippen molar-refractivity contribution < 1.29 is 17.5 Å².